The number of hydrogen-bond donors (Lipinski definition) is 0. The molecule has 1 aromatic carbocycles. The summed E-state index contributed by atoms with van der Waals surface area (Å²) in [5, 5.41) is 12.4. The van der Waals surface area contributed by atoms with Crippen LogP contribution in [0.3, 0.4) is 0 Å². The molecule has 1 saturated heterocycles. The lowest BCUT2D eigenvalue weighted by Crippen LogP contribution is -2.16. The van der Waals surface area contributed by atoms with Crippen LogP contribution in [0.15, 0.2) is 27.8 Å². The first-order chi connectivity index (χ1) is 11.3. The van der Waals surface area contributed by atoms with E-state index in [4.69, 9.17) is 9.15 Å². The Morgan fingerprint density at radius 3 is 3.22 bits per heavy atom. The monoisotopic (exact) mass is 335 g/mol. The summed E-state index contributed by atoms with van der Waals surface area (Å²) in [4.78, 5) is 4.33. The molecular formula is C14H14FN5O2S. The Morgan fingerprint density at radius 1 is 1.39 bits per heavy atom. The number of thioether (sulfide) groups is 1. The summed E-state index contributed by atoms with van der Waals surface area (Å²) in [6.07, 6.45) is 2.28. The summed E-state index contributed by atoms with van der Waals surface area (Å²) in [7, 11) is 0. The van der Waals surface area contributed by atoms with Crippen molar-refractivity contribution in [1.29, 1.82) is 0 Å². The number of nitrogens with zero attached hydrogens (tertiary/aromatic N) is 5. The van der Waals surface area contributed by atoms with Crippen molar-refractivity contribution >= 4 is 22.9 Å². The Kier molecular flexibility index (Phi) is 3.96. The molecule has 3 heterocycles. The van der Waals surface area contributed by atoms with Gasteiger partial charge in [0.25, 0.3) is 0 Å². The van der Waals surface area contributed by atoms with E-state index >= 15 is 0 Å². The molecule has 0 N–H and O–H groups in total. The maximum Gasteiger partial charge on any atom is 0.209 e. The highest BCUT2D eigenvalue weighted by molar-refractivity contribution is 7.98. The first-order valence-electron chi connectivity index (χ1n) is 7.33. The molecule has 0 saturated carbocycles. The Bertz CT molecular complexity index is 814. The maximum absolute atomic E-state index is 13.2. The van der Waals surface area contributed by atoms with Gasteiger partial charge in [0.2, 0.25) is 11.0 Å². The summed E-state index contributed by atoms with van der Waals surface area (Å²) in [6, 6.07) is 4.30. The Morgan fingerprint density at radius 2 is 2.35 bits per heavy atom. The standard InChI is InChI=1S/C14H14FN5O2S/c15-9-3-4-11-12(6-9)22-13(16-11)8-23-14-17-18-19-20(14)7-10-2-1-5-21-10/h3-4,6,10H,1-2,5,7-8H2/t10-/m1/s1. The lowest BCUT2D eigenvalue weighted by molar-refractivity contribution is 0.0912. The fourth-order valence-electron chi connectivity index (χ4n) is 2.53. The van der Waals surface area contributed by atoms with Crippen LogP contribution in [-0.4, -0.2) is 37.9 Å². The molecule has 4 rings (SSSR count). The molecule has 120 valence electrons. The normalized spacial score (nSPS) is 18.0. The number of fused-ring (bicyclic) bond motifs is 1. The molecular weight excluding hydrogens is 321 g/mol. The van der Waals surface area contributed by atoms with Crippen molar-refractivity contribution < 1.29 is 13.5 Å². The zero-order chi connectivity index (χ0) is 15.6. The van der Waals surface area contributed by atoms with Gasteiger partial charge >= 0.3 is 0 Å². The SMILES string of the molecule is Fc1ccc2nc(CSc3nnnn3C[C@H]3CCCO3)oc2c1. The van der Waals surface area contributed by atoms with Gasteiger partial charge in [0, 0.05) is 12.7 Å². The van der Waals surface area contributed by atoms with Crippen LogP contribution in [-0.2, 0) is 17.0 Å². The molecule has 0 amide bonds. The van der Waals surface area contributed by atoms with Crippen LogP contribution < -0.4 is 0 Å². The van der Waals surface area contributed by atoms with E-state index in [0.717, 1.165) is 19.4 Å². The molecule has 7 nitrogen and oxygen atoms in total. The van der Waals surface area contributed by atoms with E-state index in [1.54, 1.807) is 10.7 Å². The van der Waals surface area contributed by atoms with Gasteiger partial charge in [-0.1, -0.05) is 11.8 Å². The molecule has 2 aromatic heterocycles. The lowest BCUT2D eigenvalue weighted by atomic mass is 10.2. The fourth-order valence-corrected chi connectivity index (χ4v) is 3.26. The van der Waals surface area contributed by atoms with Crippen LogP contribution in [0.1, 0.15) is 18.7 Å². The first-order valence-corrected chi connectivity index (χ1v) is 8.32. The third kappa shape index (κ3) is 3.20. The van der Waals surface area contributed by atoms with Crippen LogP contribution in [0.5, 0.6) is 0 Å². The van der Waals surface area contributed by atoms with Gasteiger partial charge in [-0.05, 0) is 35.4 Å². The minimum atomic E-state index is -0.339. The Hall–Kier alpha value is -2.00. The first kappa shape index (κ1) is 14.6. The molecule has 0 bridgehead atoms. The van der Waals surface area contributed by atoms with Gasteiger partial charge in [-0.15, -0.1) is 5.10 Å². The highest BCUT2D eigenvalue weighted by Crippen LogP contribution is 2.24. The molecule has 23 heavy (non-hydrogen) atoms. The van der Waals surface area contributed by atoms with Crippen molar-refractivity contribution in [3.05, 3.63) is 29.9 Å². The quantitative estimate of drug-likeness (QED) is 0.663. The molecule has 1 fully saturated rings. The number of tetrazole rings is 1. The van der Waals surface area contributed by atoms with Crippen molar-refractivity contribution in [2.24, 2.45) is 0 Å². The number of oxazole rings is 1. The van der Waals surface area contributed by atoms with Gasteiger partial charge in [0.05, 0.1) is 18.4 Å². The summed E-state index contributed by atoms with van der Waals surface area (Å²) >= 11 is 1.43. The molecule has 1 aliphatic heterocycles. The molecule has 0 unspecified atom stereocenters. The highest BCUT2D eigenvalue weighted by Gasteiger charge is 2.19. The van der Waals surface area contributed by atoms with Gasteiger partial charge in [0.15, 0.2) is 5.58 Å². The third-order valence-electron chi connectivity index (χ3n) is 3.62. The predicted molar refractivity (Wildman–Crippen MR) is 80.3 cm³/mol. The summed E-state index contributed by atoms with van der Waals surface area (Å²) < 4.78 is 26.1. The zero-order valence-corrected chi connectivity index (χ0v) is 13.0. The van der Waals surface area contributed by atoms with Crippen LogP contribution >= 0.6 is 11.8 Å². The predicted octanol–water partition coefficient (Wildman–Crippen LogP) is 2.42. The number of aromatic nitrogens is 5. The van der Waals surface area contributed by atoms with Gasteiger partial charge in [-0.25, -0.2) is 14.1 Å². The highest BCUT2D eigenvalue weighted by atomic mass is 32.2. The number of hydrogen-bond acceptors (Lipinski definition) is 7. The Balaban J connectivity index is 1.44. The third-order valence-corrected chi connectivity index (χ3v) is 4.56. The van der Waals surface area contributed by atoms with Crippen LogP contribution in [0, 0.1) is 5.82 Å². The molecule has 3 aromatic rings. The molecule has 0 aliphatic carbocycles. The number of ether oxygens (including phenoxy) is 1. The number of benzene rings is 1. The van der Waals surface area contributed by atoms with E-state index in [-0.39, 0.29) is 11.9 Å². The van der Waals surface area contributed by atoms with Crippen molar-refractivity contribution in [1.82, 2.24) is 25.2 Å². The lowest BCUT2D eigenvalue weighted by Gasteiger charge is -2.09. The van der Waals surface area contributed by atoms with Crippen molar-refractivity contribution in [3.8, 4) is 0 Å². The minimum absolute atomic E-state index is 0.171. The second-order valence-corrected chi connectivity index (χ2v) is 6.23. The average Bonchev–Trinajstić information content (AvgIpc) is 3.26. The van der Waals surface area contributed by atoms with Crippen molar-refractivity contribution in [2.75, 3.05) is 6.61 Å². The zero-order valence-electron chi connectivity index (χ0n) is 12.2. The Labute approximate surface area is 135 Å². The van der Waals surface area contributed by atoms with Gasteiger partial charge < -0.3 is 9.15 Å². The van der Waals surface area contributed by atoms with E-state index in [0.29, 0.717) is 34.4 Å². The van der Waals surface area contributed by atoms with Gasteiger partial charge in [-0.2, -0.15) is 0 Å². The second-order valence-electron chi connectivity index (χ2n) is 5.29. The van der Waals surface area contributed by atoms with E-state index in [1.165, 1.54) is 23.9 Å². The molecule has 0 spiro atoms. The topological polar surface area (TPSA) is 78.9 Å². The second kappa shape index (κ2) is 6.25. The smallest absolute Gasteiger partial charge is 0.209 e. The fraction of sp³-hybridized carbons (Fsp3) is 0.429. The van der Waals surface area contributed by atoms with E-state index in [2.05, 4.69) is 20.5 Å². The minimum Gasteiger partial charge on any atom is -0.440 e. The van der Waals surface area contributed by atoms with Crippen molar-refractivity contribution in [3.63, 3.8) is 0 Å². The summed E-state index contributed by atoms with van der Waals surface area (Å²) in [5.41, 5.74) is 1.08. The van der Waals surface area contributed by atoms with Crippen LogP contribution in [0.4, 0.5) is 4.39 Å². The van der Waals surface area contributed by atoms with E-state index in [1.807, 2.05) is 0 Å². The van der Waals surface area contributed by atoms with Crippen molar-refractivity contribution in [2.45, 2.75) is 36.4 Å². The number of rotatable bonds is 5. The summed E-state index contributed by atoms with van der Waals surface area (Å²) in [5.74, 6) is 0.651. The average molecular weight is 335 g/mol. The number of halogens is 1. The molecule has 1 aliphatic rings. The van der Waals surface area contributed by atoms with E-state index < -0.39 is 0 Å². The summed E-state index contributed by atoms with van der Waals surface area (Å²) in [6.45, 7) is 1.45. The van der Waals surface area contributed by atoms with Gasteiger partial charge in [-0.3, -0.25) is 0 Å². The molecule has 1 atom stereocenters. The van der Waals surface area contributed by atoms with Crippen LogP contribution in [0.25, 0.3) is 11.1 Å². The molecule has 0 radical (unpaired) electrons. The van der Waals surface area contributed by atoms with Gasteiger partial charge in [0.1, 0.15) is 11.3 Å². The molecule has 9 heteroatoms. The van der Waals surface area contributed by atoms with Crippen LogP contribution in [0.2, 0.25) is 0 Å². The largest absolute Gasteiger partial charge is 0.440 e. The maximum atomic E-state index is 13.2. The van der Waals surface area contributed by atoms with E-state index in [9.17, 15) is 4.39 Å².